The fourth-order valence-electron chi connectivity index (χ4n) is 1.73. The van der Waals surface area contributed by atoms with Gasteiger partial charge in [-0.25, -0.2) is 0 Å². The molecule has 2 aromatic heterocycles. The summed E-state index contributed by atoms with van der Waals surface area (Å²) in [4.78, 5) is 16.7. The number of hydrogen-bond acceptors (Lipinski definition) is 6. The van der Waals surface area contributed by atoms with Gasteiger partial charge in [0.2, 0.25) is 5.91 Å². The number of anilines is 1. The van der Waals surface area contributed by atoms with Crippen molar-refractivity contribution < 1.29 is 14.1 Å². The van der Waals surface area contributed by atoms with Crippen LogP contribution in [0.1, 0.15) is 24.6 Å². The second-order valence-electron chi connectivity index (χ2n) is 4.38. The van der Waals surface area contributed by atoms with Gasteiger partial charge in [0.05, 0.1) is 5.69 Å². The van der Waals surface area contributed by atoms with Gasteiger partial charge in [-0.3, -0.25) is 4.79 Å². The highest BCUT2D eigenvalue weighted by atomic mass is 32.1. The number of nitrogens with one attached hydrogen (secondary N) is 1. The number of rotatable bonds is 5. The van der Waals surface area contributed by atoms with E-state index in [1.54, 1.807) is 0 Å². The van der Waals surface area contributed by atoms with Gasteiger partial charge in [0.1, 0.15) is 11.5 Å². The molecular formula is C12H13N3O3S. The molecule has 2 aromatic rings. The van der Waals surface area contributed by atoms with E-state index in [0.717, 1.165) is 23.5 Å². The van der Waals surface area contributed by atoms with Gasteiger partial charge in [-0.2, -0.15) is 4.98 Å². The van der Waals surface area contributed by atoms with Crippen LogP contribution in [0.2, 0.25) is 0 Å². The summed E-state index contributed by atoms with van der Waals surface area (Å²) >= 11 is 1.46. The second-order valence-corrected chi connectivity index (χ2v) is 5.29. The fourth-order valence-corrected chi connectivity index (χ4v) is 2.50. The Bertz CT molecular complexity index is 589. The van der Waals surface area contributed by atoms with Gasteiger partial charge >= 0.3 is 0 Å². The van der Waals surface area contributed by atoms with Crippen LogP contribution >= 0.6 is 11.3 Å². The highest BCUT2D eigenvalue weighted by molar-refractivity contribution is 7.14. The molecule has 1 N–H and O–H groups in total. The summed E-state index contributed by atoms with van der Waals surface area (Å²) < 4.78 is 10.0. The SMILES string of the molecule is COCC(=O)Nc1ccsc1-c1nc(C2CC2)no1. The van der Waals surface area contributed by atoms with Gasteiger partial charge in [-0.15, -0.1) is 11.3 Å². The van der Waals surface area contributed by atoms with E-state index in [1.807, 2.05) is 11.4 Å². The third-order valence-corrected chi connectivity index (χ3v) is 3.70. The average Bonchev–Trinajstić information content (AvgIpc) is 2.95. The molecule has 0 saturated heterocycles. The number of aromatic nitrogens is 2. The molecule has 0 unspecified atom stereocenters. The smallest absolute Gasteiger partial charge is 0.270 e. The van der Waals surface area contributed by atoms with E-state index in [-0.39, 0.29) is 12.5 Å². The van der Waals surface area contributed by atoms with E-state index < -0.39 is 0 Å². The van der Waals surface area contributed by atoms with Crippen LogP contribution < -0.4 is 5.32 Å². The Morgan fingerprint density at radius 1 is 1.63 bits per heavy atom. The molecule has 0 radical (unpaired) electrons. The average molecular weight is 279 g/mol. The zero-order valence-corrected chi connectivity index (χ0v) is 11.2. The predicted molar refractivity (Wildman–Crippen MR) is 70.1 cm³/mol. The third-order valence-electron chi connectivity index (χ3n) is 2.79. The fraction of sp³-hybridized carbons (Fsp3) is 0.417. The molecule has 0 aromatic carbocycles. The van der Waals surface area contributed by atoms with Gasteiger partial charge in [-0.1, -0.05) is 5.16 Å². The Labute approximate surface area is 113 Å². The minimum absolute atomic E-state index is 0.0203. The van der Waals surface area contributed by atoms with Gasteiger partial charge in [-0.05, 0) is 24.3 Å². The van der Waals surface area contributed by atoms with Crippen LogP contribution in [0.15, 0.2) is 16.0 Å². The summed E-state index contributed by atoms with van der Waals surface area (Å²) in [5.41, 5.74) is 0.679. The molecule has 1 aliphatic rings. The van der Waals surface area contributed by atoms with Crippen molar-refractivity contribution in [3.05, 3.63) is 17.3 Å². The lowest BCUT2D eigenvalue weighted by Gasteiger charge is -2.02. The first-order valence-electron chi connectivity index (χ1n) is 5.98. The summed E-state index contributed by atoms with van der Waals surface area (Å²) in [5.74, 6) is 1.47. The maximum atomic E-state index is 11.5. The molecule has 19 heavy (non-hydrogen) atoms. The highest BCUT2D eigenvalue weighted by Crippen LogP contribution is 2.40. The number of carbonyl (C=O) groups excluding carboxylic acids is 1. The molecule has 1 fully saturated rings. The lowest BCUT2D eigenvalue weighted by Crippen LogP contribution is -2.17. The first-order valence-corrected chi connectivity index (χ1v) is 6.86. The quantitative estimate of drug-likeness (QED) is 0.908. The first kappa shape index (κ1) is 12.3. The van der Waals surface area contributed by atoms with Crippen molar-refractivity contribution in [1.82, 2.24) is 10.1 Å². The number of hydrogen-bond donors (Lipinski definition) is 1. The second kappa shape index (κ2) is 5.10. The minimum Gasteiger partial charge on any atom is -0.375 e. The van der Waals surface area contributed by atoms with E-state index in [4.69, 9.17) is 9.26 Å². The summed E-state index contributed by atoms with van der Waals surface area (Å²) in [7, 11) is 1.48. The molecule has 3 rings (SSSR count). The number of nitrogens with zero attached hydrogens (tertiary/aromatic N) is 2. The zero-order chi connectivity index (χ0) is 13.2. The maximum absolute atomic E-state index is 11.5. The molecule has 0 bridgehead atoms. The lowest BCUT2D eigenvalue weighted by atomic mass is 10.3. The Morgan fingerprint density at radius 2 is 2.47 bits per heavy atom. The van der Waals surface area contributed by atoms with Crippen LogP contribution in [0, 0.1) is 0 Å². The molecule has 1 saturated carbocycles. The first-order chi connectivity index (χ1) is 9.28. The maximum Gasteiger partial charge on any atom is 0.270 e. The Kier molecular flexibility index (Phi) is 3.31. The largest absolute Gasteiger partial charge is 0.375 e. The number of methoxy groups -OCH3 is 1. The molecule has 100 valence electrons. The van der Waals surface area contributed by atoms with Gasteiger partial charge in [0, 0.05) is 13.0 Å². The van der Waals surface area contributed by atoms with Crippen LogP contribution in [0.25, 0.3) is 10.8 Å². The summed E-state index contributed by atoms with van der Waals surface area (Å²) in [6, 6.07) is 1.81. The molecule has 7 heteroatoms. The standard InChI is InChI=1S/C12H13N3O3S/c1-17-6-9(16)13-8-4-5-19-10(8)12-14-11(15-18-12)7-2-3-7/h4-5,7H,2-3,6H2,1H3,(H,13,16). The van der Waals surface area contributed by atoms with Crippen molar-refractivity contribution >= 4 is 22.9 Å². The van der Waals surface area contributed by atoms with Crippen molar-refractivity contribution in [2.24, 2.45) is 0 Å². The molecule has 1 amide bonds. The normalized spacial score (nSPS) is 14.6. The summed E-state index contributed by atoms with van der Waals surface area (Å²) in [5, 5.41) is 8.61. The van der Waals surface area contributed by atoms with Crippen LogP contribution in [0.3, 0.4) is 0 Å². The van der Waals surface area contributed by atoms with Crippen molar-refractivity contribution in [3.63, 3.8) is 0 Å². The molecule has 6 nitrogen and oxygen atoms in total. The molecule has 0 aliphatic heterocycles. The molecule has 0 atom stereocenters. The summed E-state index contributed by atoms with van der Waals surface area (Å²) in [6.45, 7) is 0.0203. The Morgan fingerprint density at radius 3 is 3.21 bits per heavy atom. The van der Waals surface area contributed by atoms with Crippen molar-refractivity contribution in [1.29, 1.82) is 0 Å². The van der Waals surface area contributed by atoms with Gasteiger partial charge < -0.3 is 14.6 Å². The molecule has 2 heterocycles. The number of amides is 1. The highest BCUT2D eigenvalue weighted by Gasteiger charge is 2.29. The van der Waals surface area contributed by atoms with Crippen molar-refractivity contribution in [3.8, 4) is 10.8 Å². The van der Waals surface area contributed by atoms with Crippen molar-refractivity contribution in [2.75, 3.05) is 19.0 Å². The number of thiophene rings is 1. The van der Waals surface area contributed by atoms with E-state index in [0.29, 0.717) is 17.5 Å². The van der Waals surface area contributed by atoms with Gasteiger partial charge in [0.25, 0.3) is 5.89 Å². The van der Waals surface area contributed by atoms with E-state index in [2.05, 4.69) is 15.5 Å². The minimum atomic E-state index is -0.205. The van der Waals surface area contributed by atoms with E-state index >= 15 is 0 Å². The molecular weight excluding hydrogens is 266 g/mol. The predicted octanol–water partition coefficient (Wildman–Crippen LogP) is 2.26. The van der Waals surface area contributed by atoms with Crippen LogP contribution in [0.5, 0.6) is 0 Å². The van der Waals surface area contributed by atoms with Crippen LogP contribution in [-0.4, -0.2) is 29.8 Å². The van der Waals surface area contributed by atoms with E-state index in [1.165, 1.54) is 18.4 Å². The van der Waals surface area contributed by atoms with E-state index in [9.17, 15) is 4.79 Å². The van der Waals surface area contributed by atoms with Crippen LogP contribution in [-0.2, 0) is 9.53 Å². The monoisotopic (exact) mass is 279 g/mol. The number of carbonyl (C=O) groups is 1. The third kappa shape index (κ3) is 2.66. The summed E-state index contributed by atoms with van der Waals surface area (Å²) in [6.07, 6.45) is 2.25. The number of ether oxygens (including phenoxy) is 1. The Balaban J connectivity index is 1.79. The lowest BCUT2D eigenvalue weighted by molar-refractivity contribution is -0.119. The van der Waals surface area contributed by atoms with Crippen molar-refractivity contribution in [2.45, 2.75) is 18.8 Å². The topological polar surface area (TPSA) is 77.2 Å². The molecule has 1 aliphatic carbocycles. The Hall–Kier alpha value is -1.73. The van der Waals surface area contributed by atoms with Crippen LogP contribution in [0.4, 0.5) is 5.69 Å². The zero-order valence-electron chi connectivity index (χ0n) is 10.4. The molecule has 0 spiro atoms. The van der Waals surface area contributed by atoms with Gasteiger partial charge in [0.15, 0.2) is 5.82 Å².